The van der Waals surface area contributed by atoms with Gasteiger partial charge in [-0.1, -0.05) is 20.8 Å². The van der Waals surface area contributed by atoms with Gasteiger partial charge in [0.15, 0.2) is 0 Å². The normalized spacial score (nSPS) is 17.1. The van der Waals surface area contributed by atoms with Crippen LogP contribution in [0, 0.1) is 5.41 Å². The van der Waals surface area contributed by atoms with Crippen molar-refractivity contribution in [1.82, 2.24) is 5.32 Å². The maximum atomic E-state index is 10.8. The molecule has 0 saturated carbocycles. The number of hydrogen-bond donors (Lipinski definition) is 3. The topological polar surface area (TPSA) is 49.3 Å². The Balaban J connectivity index is 4.35. The van der Waals surface area contributed by atoms with Crippen LogP contribution in [0.5, 0.6) is 0 Å². The number of thiol groups is 1. The second-order valence-corrected chi connectivity index (χ2v) is 4.75. The van der Waals surface area contributed by atoms with Gasteiger partial charge in [-0.3, -0.25) is 10.1 Å². The van der Waals surface area contributed by atoms with Crippen LogP contribution >= 0.6 is 12.6 Å². The van der Waals surface area contributed by atoms with Gasteiger partial charge in [0.25, 0.3) is 0 Å². The van der Waals surface area contributed by atoms with E-state index in [-0.39, 0.29) is 10.8 Å². The minimum Gasteiger partial charge on any atom is -0.480 e. The van der Waals surface area contributed by atoms with Gasteiger partial charge < -0.3 is 5.11 Å². The summed E-state index contributed by atoms with van der Waals surface area (Å²) in [6, 6.07) is -0.551. The molecule has 0 aromatic rings. The second kappa shape index (κ2) is 4.14. The summed E-state index contributed by atoms with van der Waals surface area (Å²) in [4.78, 5) is 10.8. The largest absolute Gasteiger partial charge is 0.480 e. The first-order valence-electron chi connectivity index (χ1n) is 3.92. The van der Waals surface area contributed by atoms with E-state index < -0.39 is 12.0 Å². The molecule has 3 nitrogen and oxygen atoms in total. The van der Waals surface area contributed by atoms with Crippen molar-refractivity contribution in [2.24, 2.45) is 5.41 Å². The Labute approximate surface area is 79.0 Å². The first kappa shape index (κ1) is 11.8. The van der Waals surface area contributed by atoms with Gasteiger partial charge in [0.05, 0.1) is 0 Å². The molecule has 0 aliphatic carbocycles. The van der Waals surface area contributed by atoms with Crippen LogP contribution in [0.2, 0.25) is 0 Å². The summed E-state index contributed by atoms with van der Waals surface area (Å²) in [6.07, 6.45) is 0. The number of rotatable bonds is 3. The van der Waals surface area contributed by atoms with Crippen LogP contribution in [0.3, 0.4) is 0 Å². The Bertz CT molecular complexity index is 163. The van der Waals surface area contributed by atoms with E-state index >= 15 is 0 Å². The number of nitrogens with one attached hydrogen (secondary N) is 1. The van der Waals surface area contributed by atoms with Crippen LogP contribution in [-0.2, 0) is 4.79 Å². The molecule has 1 unspecified atom stereocenters. The molecule has 0 heterocycles. The van der Waals surface area contributed by atoms with E-state index in [1.807, 2.05) is 27.7 Å². The first-order valence-corrected chi connectivity index (χ1v) is 4.43. The Morgan fingerprint density at radius 3 is 2.00 bits per heavy atom. The lowest BCUT2D eigenvalue weighted by atomic mass is 9.87. The molecule has 2 N–H and O–H groups in total. The predicted octanol–water partition coefficient (Wildman–Crippen LogP) is 1.35. The van der Waals surface area contributed by atoms with Gasteiger partial charge >= 0.3 is 5.97 Å². The Hall–Kier alpha value is -0.220. The Morgan fingerprint density at radius 1 is 1.50 bits per heavy atom. The highest BCUT2D eigenvalue weighted by atomic mass is 32.1. The molecule has 0 amide bonds. The monoisotopic (exact) mass is 191 g/mol. The molecule has 0 radical (unpaired) electrons. The maximum absolute atomic E-state index is 10.8. The fraction of sp³-hybridized carbons (Fsp3) is 0.875. The van der Waals surface area contributed by atoms with Crippen LogP contribution in [0.15, 0.2) is 0 Å². The summed E-state index contributed by atoms with van der Waals surface area (Å²) in [5.41, 5.74) is -0.289. The van der Waals surface area contributed by atoms with Crippen molar-refractivity contribution in [3.05, 3.63) is 0 Å². The Kier molecular flexibility index (Phi) is 4.06. The van der Waals surface area contributed by atoms with E-state index in [9.17, 15) is 4.79 Å². The molecule has 0 aliphatic heterocycles. The minimum atomic E-state index is -0.830. The molecule has 4 heteroatoms. The van der Waals surface area contributed by atoms with Gasteiger partial charge in [0.1, 0.15) is 6.04 Å². The van der Waals surface area contributed by atoms with Crippen molar-refractivity contribution in [2.75, 3.05) is 0 Å². The van der Waals surface area contributed by atoms with E-state index in [0.717, 1.165) is 0 Å². The molecule has 12 heavy (non-hydrogen) atoms. The fourth-order valence-electron chi connectivity index (χ4n) is 0.933. The smallest absolute Gasteiger partial charge is 0.321 e. The van der Waals surface area contributed by atoms with Gasteiger partial charge in [-0.15, -0.1) is 0 Å². The molecule has 0 aromatic heterocycles. The second-order valence-electron chi connectivity index (χ2n) is 3.98. The van der Waals surface area contributed by atoms with Crippen LogP contribution in [0.4, 0.5) is 0 Å². The Morgan fingerprint density at radius 2 is 1.92 bits per heavy atom. The third-order valence-electron chi connectivity index (χ3n) is 1.52. The van der Waals surface area contributed by atoms with Gasteiger partial charge in [-0.2, -0.15) is 12.6 Å². The van der Waals surface area contributed by atoms with Gasteiger partial charge in [-0.25, -0.2) is 0 Å². The number of carboxylic acids is 1. The van der Waals surface area contributed by atoms with E-state index in [4.69, 9.17) is 5.11 Å². The molecular formula is C8H17NO2S. The van der Waals surface area contributed by atoms with E-state index in [1.165, 1.54) is 0 Å². The fourth-order valence-corrected chi connectivity index (χ4v) is 1.08. The quantitative estimate of drug-likeness (QED) is 0.466. The molecule has 2 atom stereocenters. The van der Waals surface area contributed by atoms with E-state index in [1.54, 1.807) is 0 Å². The van der Waals surface area contributed by atoms with Crippen LogP contribution in [0.1, 0.15) is 27.7 Å². The van der Waals surface area contributed by atoms with Crippen molar-refractivity contribution in [1.29, 1.82) is 0 Å². The molecule has 72 valence electrons. The van der Waals surface area contributed by atoms with E-state index in [2.05, 4.69) is 17.9 Å². The first-order chi connectivity index (χ1) is 5.25. The lowest BCUT2D eigenvalue weighted by Gasteiger charge is -2.29. The number of carbonyl (C=O) groups is 1. The van der Waals surface area contributed by atoms with Crippen molar-refractivity contribution in [2.45, 2.75) is 39.1 Å². The molecule has 0 fully saturated rings. The summed E-state index contributed by atoms with van der Waals surface area (Å²) < 4.78 is 0. The molecular weight excluding hydrogens is 174 g/mol. The highest BCUT2D eigenvalue weighted by Gasteiger charge is 2.31. The predicted molar refractivity (Wildman–Crippen MR) is 52.5 cm³/mol. The summed E-state index contributed by atoms with van der Waals surface area (Å²) in [6.45, 7) is 7.46. The maximum Gasteiger partial charge on any atom is 0.321 e. The summed E-state index contributed by atoms with van der Waals surface area (Å²) >= 11 is 4.09. The van der Waals surface area contributed by atoms with Gasteiger partial charge in [-0.05, 0) is 12.3 Å². The van der Waals surface area contributed by atoms with Crippen LogP contribution in [-0.4, -0.2) is 22.5 Å². The third kappa shape index (κ3) is 3.97. The summed E-state index contributed by atoms with van der Waals surface area (Å²) in [7, 11) is 0. The lowest BCUT2D eigenvalue weighted by molar-refractivity contribution is -0.142. The molecule has 0 aliphatic rings. The molecule has 0 spiro atoms. The molecule has 0 rings (SSSR count). The number of hydrogen-bond acceptors (Lipinski definition) is 3. The highest BCUT2D eigenvalue weighted by Crippen LogP contribution is 2.20. The molecule has 0 aromatic carbocycles. The van der Waals surface area contributed by atoms with E-state index in [0.29, 0.717) is 0 Å². The van der Waals surface area contributed by atoms with Crippen molar-refractivity contribution >= 4 is 18.6 Å². The van der Waals surface area contributed by atoms with Crippen LogP contribution in [0.25, 0.3) is 0 Å². The van der Waals surface area contributed by atoms with Crippen molar-refractivity contribution in [3.63, 3.8) is 0 Å². The van der Waals surface area contributed by atoms with Crippen molar-refractivity contribution in [3.8, 4) is 0 Å². The standard InChI is InChI=1S/C8H17NO2S/c1-5(12)9-6(7(10)11)8(2,3)4/h5-6,9,12H,1-4H3,(H,10,11)/t5?,6-/m1/s1. The average Bonchev–Trinajstić information content (AvgIpc) is 1.79. The minimum absolute atomic E-state index is 0.106. The third-order valence-corrected chi connectivity index (χ3v) is 1.67. The molecule has 0 saturated heterocycles. The van der Waals surface area contributed by atoms with Crippen LogP contribution < -0.4 is 5.32 Å². The summed E-state index contributed by atoms with van der Waals surface area (Å²) in [5.74, 6) is -0.830. The average molecular weight is 191 g/mol. The lowest BCUT2D eigenvalue weighted by Crippen LogP contribution is -2.48. The number of carboxylic acid groups (broad SMARTS) is 1. The molecule has 0 bridgehead atoms. The zero-order valence-corrected chi connectivity index (χ0v) is 8.85. The number of aliphatic carboxylic acids is 1. The van der Waals surface area contributed by atoms with Gasteiger partial charge in [0.2, 0.25) is 0 Å². The zero-order valence-electron chi connectivity index (χ0n) is 7.96. The zero-order chi connectivity index (χ0) is 9.94. The van der Waals surface area contributed by atoms with Crippen molar-refractivity contribution < 1.29 is 9.90 Å². The highest BCUT2D eigenvalue weighted by molar-refractivity contribution is 7.80. The summed E-state index contributed by atoms with van der Waals surface area (Å²) in [5, 5.41) is 11.6. The SMILES string of the molecule is CC(S)N[C@H](C(=O)O)C(C)(C)C. The van der Waals surface area contributed by atoms with Gasteiger partial charge in [0, 0.05) is 5.37 Å².